The fraction of sp³-hybridized carbons (Fsp3) is 0.158. The van der Waals surface area contributed by atoms with E-state index < -0.39 is 35.3 Å². The summed E-state index contributed by atoms with van der Waals surface area (Å²) in [5.41, 5.74) is -0.234. The van der Waals surface area contributed by atoms with Crippen LogP contribution in [-0.2, 0) is 9.59 Å². The third kappa shape index (κ3) is 2.65. The van der Waals surface area contributed by atoms with Crippen molar-refractivity contribution < 1.29 is 14.4 Å². The monoisotopic (exact) mass is 380 g/mol. The number of thiocarbonyl (C=S) groups is 1. The molecule has 0 aromatic heterocycles. The van der Waals surface area contributed by atoms with E-state index in [0.29, 0.717) is 16.2 Å². The molecule has 2 atom stereocenters. The maximum absolute atomic E-state index is 13.2. The molecule has 0 bridgehead atoms. The van der Waals surface area contributed by atoms with Gasteiger partial charge in [0.2, 0.25) is 11.8 Å². The van der Waals surface area contributed by atoms with Crippen molar-refractivity contribution in [2.24, 2.45) is 5.41 Å². The summed E-state index contributed by atoms with van der Waals surface area (Å²) in [6, 6.07) is 15.8. The van der Waals surface area contributed by atoms with Crippen LogP contribution in [0.15, 0.2) is 60.7 Å². The standard InChI is InChI=1S/C19H16N4O3S/c24-15-19(16(25)23-17(26)22-15)13(11-7-3-1-4-8-11)20-18(27)21-14(19)12-9-5-2-6-10-12/h1-10,13-14H,(H2,20,21,27)(H2,22,23,24,25,26)/t13-,14-/m0/s1. The van der Waals surface area contributed by atoms with Gasteiger partial charge in [0.05, 0.1) is 12.1 Å². The number of rotatable bonds is 2. The highest BCUT2D eigenvalue weighted by Crippen LogP contribution is 2.48. The van der Waals surface area contributed by atoms with Crippen LogP contribution in [0.3, 0.4) is 0 Å². The van der Waals surface area contributed by atoms with Crippen molar-refractivity contribution in [1.82, 2.24) is 21.3 Å². The van der Waals surface area contributed by atoms with Crippen molar-refractivity contribution in [3.63, 3.8) is 0 Å². The number of carbonyl (C=O) groups is 3. The second-order valence-corrected chi connectivity index (χ2v) is 6.82. The summed E-state index contributed by atoms with van der Waals surface area (Å²) < 4.78 is 0. The Morgan fingerprint density at radius 2 is 1.11 bits per heavy atom. The molecule has 0 radical (unpaired) electrons. The van der Waals surface area contributed by atoms with E-state index in [-0.39, 0.29) is 0 Å². The quantitative estimate of drug-likeness (QED) is 0.463. The van der Waals surface area contributed by atoms with E-state index in [9.17, 15) is 14.4 Å². The Morgan fingerprint density at radius 1 is 0.704 bits per heavy atom. The van der Waals surface area contributed by atoms with Crippen molar-refractivity contribution in [1.29, 1.82) is 0 Å². The molecule has 136 valence electrons. The highest BCUT2D eigenvalue weighted by atomic mass is 32.1. The highest BCUT2D eigenvalue weighted by Gasteiger charge is 2.63. The Morgan fingerprint density at radius 3 is 1.52 bits per heavy atom. The lowest BCUT2D eigenvalue weighted by atomic mass is 9.66. The first kappa shape index (κ1) is 17.2. The van der Waals surface area contributed by atoms with E-state index in [1.807, 2.05) is 60.7 Å². The summed E-state index contributed by atoms with van der Waals surface area (Å²) in [5, 5.41) is 10.9. The molecule has 4 N–H and O–H groups in total. The maximum atomic E-state index is 13.2. The fourth-order valence-electron chi connectivity index (χ4n) is 3.75. The van der Waals surface area contributed by atoms with Crippen LogP contribution in [0.1, 0.15) is 23.2 Å². The molecule has 7 nitrogen and oxygen atoms in total. The second kappa shape index (κ2) is 6.48. The van der Waals surface area contributed by atoms with E-state index in [2.05, 4.69) is 21.3 Å². The molecular formula is C19H16N4O3S. The molecule has 2 saturated heterocycles. The van der Waals surface area contributed by atoms with Crippen LogP contribution in [0.25, 0.3) is 0 Å². The second-order valence-electron chi connectivity index (χ2n) is 6.41. The van der Waals surface area contributed by atoms with Gasteiger partial charge in [0.1, 0.15) is 0 Å². The molecule has 4 amide bonds. The van der Waals surface area contributed by atoms with Crippen molar-refractivity contribution >= 4 is 35.2 Å². The lowest BCUT2D eigenvalue weighted by molar-refractivity contribution is -0.149. The lowest BCUT2D eigenvalue weighted by Crippen LogP contribution is -2.73. The van der Waals surface area contributed by atoms with Crippen molar-refractivity contribution in [2.75, 3.05) is 0 Å². The molecule has 2 aromatic rings. The first-order valence-corrected chi connectivity index (χ1v) is 8.78. The minimum Gasteiger partial charge on any atom is -0.354 e. The average molecular weight is 380 g/mol. The SMILES string of the molecule is O=C1NC(=O)C2(C(=O)N1)[C@H](c1ccccc1)NC(=S)N[C@H]2c1ccccc1. The van der Waals surface area contributed by atoms with Crippen molar-refractivity contribution in [3.05, 3.63) is 71.8 Å². The Hall–Kier alpha value is -3.26. The fourth-order valence-corrected chi connectivity index (χ4v) is 3.99. The minimum absolute atomic E-state index is 0.320. The number of urea groups is 1. The number of amides is 4. The molecule has 27 heavy (non-hydrogen) atoms. The van der Waals surface area contributed by atoms with Gasteiger partial charge in [-0.05, 0) is 23.3 Å². The van der Waals surface area contributed by atoms with Crippen LogP contribution in [-0.4, -0.2) is 23.0 Å². The van der Waals surface area contributed by atoms with Gasteiger partial charge in [-0.2, -0.15) is 0 Å². The first-order valence-electron chi connectivity index (χ1n) is 8.37. The molecule has 0 unspecified atom stereocenters. The van der Waals surface area contributed by atoms with Crippen LogP contribution in [0.5, 0.6) is 0 Å². The minimum atomic E-state index is -1.65. The molecule has 2 aliphatic rings. The summed E-state index contributed by atoms with van der Waals surface area (Å²) in [4.78, 5) is 38.0. The van der Waals surface area contributed by atoms with Gasteiger partial charge in [0.25, 0.3) is 0 Å². The summed E-state index contributed by atoms with van der Waals surface area (Å²) in [7, 11) is 0. The van der Waals surface area contributed by atoms with Crippen LogP contribution in [0.4, 0.5) is 4.79 Å². The molecule has 0 aliphatic carbocycles. The predicted octanol–water partition coefficient (Wildman–Crippen LogP) is 1.30. The molecule has 2 heterocycles. The summed E-state index contributed by atoms with van der Waals surface area (Å²) in [6.07, 6.45) is 0. The molecule has 2 fully saturated rings. The van der Waals surface area contributed by atoms with Gasteiger partial charge in [-0.15, -0.1) is 0 Å². The maximum Gasteiger partial charge on any atom is 0.328 e. The number of barbiturate groups is 1. The zero-order valence-corrected chi connectivity index (χ0v) is 14.9. The van der Waals surface area contributed by atoms with E-state index in [1.165, 1.54) is 0 Å². The largest absolute Gasteiger partial charge is 0.354 e. The Kier molecular flexibility index (Phi) is 4.12. The van der Waals surface area contributed by atoms with E-state index >= 15 is 0 Å². The van der Waals surface area contributed by atoms with Gasteiger partial charge in [-0.1, -0.05) is 60.7 Å². The van der Waals surface area contributed by atoms with Crippen LogP contribution in [0, 0.1) is 5.41 Å². The van der Waals surface area contributed by atoms with Gasteiger partial charge < -0.3 is 10.6 Å². The Labute approximate surface area is 160 Å². The van der Waals surface area contributed by atoms with Gasteiger partial charge in [0, 0.05) is 0 Å². The van der Waals surface area contributed by atoms with Gasteiger partial charge >= 0.3 is 6.03 Å². The molecule has 2 aromatic carbocycles. The number of imide groups is 2. The van der Waals surface area contributed by atoms with Crippen LogP contribution in [0.2, 0.25) is 0 Å². The molecular weight excluding hydrogens is 364 g/mol. The number of benzene rings is 2. The zero-order valence-electron chi connectivity index (χ0n) is 14.1. The number of carbonyl (C=O) groups excluding carboxylic acids is 3. The first-order chi connectivity index (χ1) is 13.0. The summed E-state index contributed by atoms with van der Waals surface area (Å²) >= 11 is 5.36. The predicted molar refractivity (Wildman–Crippen MR) is 101 cm³/mol. The Bertz CT molecular complexity index is 859. The summed E-state index contributed by atoms with van der Waals surface area (Å²) in [6.45, 7) is 0. The number of hydrogen-bond donors (Lipinski definition) is 4. The molecule has 8 heteroatoms. The third-order valence-electron chi connectivity index (χ3n) is 4.93. The normalized spacial score (nSPS) is 23.9. The van der Waals surface area contributed by atoms with E-state index in [1.54, 1.807) is 0 Å². The van der Waals surface area contributed by atoms with E-state index in [4.69, 9.17) is 12.2 Å². The summed E-state index contributed by atoms with van der Waals surface area (Å²) in [5.74, 6) is -1.36. The van der Waals surface area contributed by atoms with Crippen LogP contribution < -0.4 is 21.3 Å². The molecule has 1 spiro atoms. The lowest BCUT2D eigenvalue weighted by Gasteiger charge is -2.49. The number of hydrogen-bond acceptors (Lipinski definition) is 4. The average Bonchev–Trinajstić information content (AvgIpc) is 2.67. The van der Waals surface area contributed by atoms with E-state index in [0.717, 1.165) is 0 Å². The van der Waals surface area contributed by atoms with Gasteiger partial charge in [-0.25, -0.2) is 4.79 Å². The highest BCUT2D eigenvalue weighted by molar-refractivity contribution is 7.80. The third-order valence-corrected chi connectivity index (χ3v) is 5.17. The van der Waals surface area contributed by atoms with Gasteiger partial charge in [0.15, 0.2) is 10.5 Å². The molecule has 4 rings (SSSR count). The molecule has 0 saturated carbocycles. The number of nitrogens with one attached hydrogen (secondary N) is 4. The topological polar surface area (TPSA) is 99.3 Å². The van der Waals surface area contributed by atoms with Crippen molar-refractivity contribution in [3.8, 4) is 0 Å². The molecule has 2 aliphatic heterocycles. The smallest absolute Gasteiger partial charge is 0.328 e. The Balaban J connectivity index is 1.95. The van der Waals surface area contributed by atoms with Crippen LogP contribution >= 0.6 is 12.2 Å². The van der Waals surface area contributed by atoms with Gasteiger partial charge in [-0.3, -0.25) is 20.2 Å². The van der Waals surface area contributed by atoms with Crippen molar-refractivity contribution in [2.45, 2.75) is 12.1 Å². The zero-order chi connectivity index (χ0) is 19.0.